The molecule has 7 N–H and O–H groups in total. The van der Waals surface area contributed by atoms with Crippen LogP contribution in [0.3, 0.4) is 0 Å². The minimum absolute atomic E-state index is 0.0401. The van der Waals surface area contributed by atoms with Crippen LogP contribution in [0.2, 0.25) is 0 Å². The minimum Gasteiger partial charge on any atom is -0.445 e. The summed E-state index contributed by atoms with van der Waals surface area (Å²) >= 11 is 0. The summed E-state index contributed by atoms with van der Waals surface area (Å²) in [7, 11) is 0. The fraction of sp³-hybridized carbons (Fsp3) is 0.380. The molecule has 21 nitrogen and oxygen atoms in total. The highest BCUT2D eigenvalue weighted by Gasteiger charge is 2.26. The monoisotopic (exact) mass is 973 g/mol. The van der Waals surface area contributed by atoms with E-state index in [4.69, 9.17) is 10.5 Å². The summed E-state index contributed by atoms with van der Waals surface area (Å²) in [5.41, 5.74) is 11.4. The van der Waals surface area contributed by atoms with Gasteiger partial charge in [0.2, 0.25) is 29.5 Å². The summed E-state index contributed by atoms with van der Waals surface area (Å²) in [4.78, 5) is 126. The van der Waals surface area contributed by atoms with Gasteiger partial charge in [0.1, 0.15) is 12.4 Å². The average molecular weight is 974 g/mol. The molecular weight excluding hydrogens is 915 g/mol. The van der Waals surface area contributed by atoms with Crippen LogP contribution in [0.1, 0.15) is 91.5 Å². The molecule has 1 aromatic heterocycles. The number of ether oxygens (including phenoxy) is 1. The zero-order valence-corrected chi connectivity index (χ0v) is 39.8. The van der Waals surface area contributed by atoms with Crippen LogP contribution in [-0.4, -0.2) is 125 Å². The number of amidine groups is 1. The Kier molecular flexibility index (Phi) is 18.7. The Morgan fingerprint density at radius 2 is 1.45 bits per heavy atom. The van der Waals surface area contributed by atoms with Crippen LogP contribution < -0.4 is 32.3 Å². The summed E-state index contributed by atoms with van der Waals surface area (Å²) < 4.78 is 5.59. The highest BCUT2D eigenvalue weighted by atomic mass is 16.6. The highest BCUT2D eigenvalue weighted by molar-refractivity contribution is 6.13. The van der Waals surface area contributed by atoms with Gasteiger partial charge in [0.05, 0.1) is 43.8 Å². The largest absolute Gasteiger partial charge is 0.445 e. The van der Waals surface area contributed by atoms with Crippen LogP contribution in [0.4, 0.5) is 21.9 Å². The molecule has 21 heteroatoms. The number of rotatable bonds is 22. The number of hydrogen-bond acceptors (Lipinski definition) is 13. The van der Waals surface area contributed by atoms with Crippen LogP contribution >= 0.6 is 0 Å². The number of nitrogens with one attached hydrogen (secondary N) is 5. The number of unbranched alkanes of at least 4 members (excludes halogenated alkanes) is 2. The lowest BCUT2D eigenvalue weighted by Crippen LogP contribution is -2.43. The Bertz CT molecular complexity index is 2600. The van der Waals surface area contributed by atoms with Crippen molar-refractivity contribution in [1.29, 1.82) is 0 Å². The topological polar surface area (TPSA) is 284 Å². The fourth-order valence-corrected chi connectivity index (χ4v) is 7.84. The number of carbonyl (C=O) groups excluding carboxylic acids is 9. The van der Waals surface area contributed by atoms with E-state index in [1.165, 1.54) is 12.2 Å². The molecule has 3 aliphatic heterocycles. The van der Waals surface area contributed by atoms with Gasteiger partial charge in [-0.25, -0.2) is 9.79 Å². The van der Waals surface area contributed by atoms with Crippen molar-refractivity contribution < 1.29 is 47.9 Å². The first-order valence-corrected chi connectivity index (χ1v) is 23.6. The number of nitrogens with zero attached hydrogens (tertiary/aromatic N) is 5. The van der Waals surface area contributed by atoms with E-state index in [2.05, 4.69) is 36.6 Å². The second-order valence-corrected chi connectivity index (χ2v) is 17.1. The van der Waals surface area contributed by atoms with E-state index in [0.29, 0.717) is 84.6 Å². The molecule has 0 aliphatic carbocycles. The molecule has 9 amide bonds. The molecule has 0 fully saturated rings. The van der Waals surface area contributed by atoms with Gasteiger partial charge >= 0.3 is 6.09 Å². The quantitative estimate of drug-likeness (QED) is 0.0626. The van der Waals surface area contributed by atoms with Crippen molar-refractivity contribution in [3.05, 3.63) is 100 Å². The smallest absolute Gasteiger partial charge is 0.410 e. The molecular formula is C50H59N11O10. The molecule has 0 saturated heterocycles. The Morgan fingerprint density at radius 1 is 0.775 bits per heavy atom. The van der Waals surface area contributed by atoms with Crippen LogP contribution in [0, 0.1) is 0 Å². The third-order valence-corrected chi connectivity index (χ3v) is 11.5. The number of hydrogen-bond donors (Lipinski definition) is 6. The van der Waals surface area contributed by atoms with Gasteiger partial charge in [-0.1, -0.05) is 38.5 Å². The van der Waals surface area contributed by atoms with Crippen LogP contribution in [0.5, 0.6) is 0 Å². The van der Waals surface area contributed by atoms with Crippen molar-refractivity contribution in [2.45, 2.75) is 78.4 Å². The number of nitrogens with two attached hydrogens (primary N) is 1. The summed E-state index contributed by atoms with van der Waals surface area (Å²) in [6, 6.07) is 13.4. The van der Waals surface area contributed by atoms with E-state index in [0.717, 1.165) is 29.0 Å². The zero-order valence-electron chi connectivity index (χ0n) is 39.8. The lowest BCUT2D eigenvalue weighted by Gasteiger charge is -2.28. The first-order valence-electron chi connectivity index (χ1n) is 23.6. The third-order valence-electron chi connectivity index (χ3n) is 11.5. The molecule has 6 rings (SSSR count). The lowest BCUT2D eigenvalue weighted by molar-refractivity contribution is -0.137. The maximum atomic E-state index is 13.4. The number of aliphatic imine (C=N–C) groups is 1. The van der Waals surface area contributed by atoms with E-state index in [9.17, 15) is 43.2 Å². The Hall–Kier alpha value is -8.23. The van der Waals surface area contributed by atoms with Crippen molar-refractivity contribution in [2.24, 2.45) is 10.7 Å². The van der Waals surface area contributed by atoms with E-state index >= 15 is 0 Å². The molecule has 71 heavy (non-hydrogen) atoms. The second-order valence-electron chi connectivity index (χ2n) is 17.1. The van der Waals surface area contributed by atoms with Crippen LogP contribution in [0.25, 0.3) is 6.08 Å². The number of benzene rings is 2. The molecule has 0 bridgehead atoms. The molecule has 0 unspecified atom stereocenters. The van der Waals surface area contributed by atoms with E-state index in [-0.39, 0.29) is 75.1 Å². The minimum atomic E-state index is -0.619. The normalized spacial score (nSPS) is 13.7. The van der Waals surface area contributed by atoms with Gasteiger partial charge in [-0.3, -0.25) is 48.2 Å². The summed E-state index contributed by atoms with van der Waals surface area (Å²) in [6.07, 6.45) is 9.42. The molecule has 4 heterocycles. The van der Waals surface area contributed by atoms with Crippen molar-refractivity contribution in [3.8, 4) is 0 Å². The van der Waals surface area contributed by atoms with Gasteiger partial charge in [-0.15, -0.1) is 0 Å². The van der Waals surface area contributed by atoms with Crippen molar-refractivity contribution in [3.63, 3.8) is 0 Å². The first-order chi connectivity index (χ1) is 34.2. The van der Waals surface area contributed by atoms with Crippen molar-refractivity contribution in [1.82, 2.24) is 35.6 Å². The lowest BCUT2D eigenvalue weighted by atomic mass is 10.0. The van der Waals surface area contributed by atoms with Gasteiger partial charge in [-0.05, 0) is 73.2 Å². The van der Waals surface area contributed by atoms with Gasteiger partial charge in [0.25, 0.3) is 17.7 Å². The number of fused-ring (bicyclic) bond motifs is 2. The number of pyridine rings is 1. The van der Waals surface area contributed by atoms with E-state index in [1.807, 2.05) is 18.7 Å². The van der Waals surface area contributed by atoms with Gasteiger partial charge in [0.15, 0.2) is 0 Å². The highest BCUT2D eigenvalue weighted by Crippen LogP contribution is 2.29. The number of carbonyl (C=O) groups is 9. The standard InChI is InChI=1S/C50H59N11O10/c1-3-18-59(19-4-2)49(69)35-22-33-11-12-34(24-40(33)58-41(51)25-35)48(68)57-38-23-36-30-60(21-17-39(36)52-26-38)50(70)71-31-32-9-13-37(14-10-32)56-45(65)29-55-44(64)28-54-43(63)27-53-42(62)8-6-5-7-20-61-46(66)15-16-47(61)67/h9-16,22-24,26H,3-8,17-21,25,27-31H2,1-2H3,(H2,51,58)(H,53,62)(H,54,63)(H,55,64)(H,56,65)(H,57,68). The molecule has 0 atom stereocenters. The summed E-state index contributed by atoms with van der Waals surface area (Å²) in [5.74, 6) is -2.99. The molecule has 0 radical (unpaired) electrons. The fourth-order valence-electron chi connectivity index (χ4n) is 7.84. The first kappa shape index (κ1) is 52.1. The van der Waals surface area contributed by atoms with Crippen LogP contribution in [-0.2, 0) is 57.9 Å². The Balaban J connectivity index is 0.875. The van der Waals surface area contributed by atoms with Crippen molar-refractivity contribution >= 4 is 82.3 Å². The molecule has 3 aliphatic rings. The Labute approximate surface area is 410 Å². The third kappa shape index (κ3) is 15.4. The van der Waals surface area contributed by atoms with E-state index < -0.39 is 36.3 Å². The number of imide groups is 1. The van der Waals surface area contributed by atoms with Gasteiger partial charge in [0, 0.05) is 85.7 Å². The molecule has 0 spiro atoms. The second kappa shape index (κ2) is 25.4. The van der Waals surface area contributed by atoms with Crippen molar-refractivity contribution in [2.75, 3.05) is 56.4 Å². The predicted molar refractivity (Wildman–Crippen MR) is 262 cm³/mol. The number of aromatic nitrogens is 1. The van der Waals surface area contributed by atoms with E-state index in [1.54, 1.807) is 65.7 Å². The maximum absolute atomic E-state index is 13.4. The molecule has 2 aromatic carbocycles. The average Bonchev–Trinajstić information content (AvgIpc) is 3.57. The van der Waals surface area contributed by atoms with Gasteiger partial charge in [-0.2, -0.15) is 0 Å². The Morgan fingerprint density at radius 3 is 2.14 bits per heavy atom. The zero-order chi connectivity index (χ0) is 50.9. The molecule has 3 aromatic rings. The number of anilines is 2. The number of amides is 9. The predicted octanol–water partition coefficient (Wildman–Crippen LogP) is 3.23. The SMILES string of the molecule is CCCN(CCC)C(=O)C1=Cc2ccc(C(=O)Nc3cnc4c(c3)CN(C(=O)OCc3ccc(NC(=O)CNC(=O)CNC(=O)CNC(=O)CCCCCN5C(=O)C=CC5=O)cc3)CC4)cc2N=C(N)C1. The summed E-state index contributed by atoms with van der Waals surface area (Å²) in [5, 5.41) is 12.8. The molecule has 374 valence electrons. The van der Waals surface area contributed by atoms with Crippen LogP contribution in [0.15, 0.2) is 77.4 Å². The maximum Gasteiger partial charge on any atom is 0.410 e. The van der Waals surface area contributed by atoms with Gasteiger partial charge < -0.3 is 46.9 Å². The summed E-state index contributed by atoms with van der Waals surface area (Å²) in [6.45, 7) is 5.05. The molecule has 0 saturated carbocycles.